The van der Waals surface area contributed by atoms with E-state index in [1.54, 1.807) is 0 Å². The highest BCUT2D eigenvalue weighted by atomic mass is 16.5. The second-order valence-electron chi connectivity index (χ2n) is 4.22. The summed E-state index contributed by atoms with van der Waals surface area (Å²) < 4.78 is 5.86. The smallest absolute Gasteiger partial charge is 0.223 e. The lowest BCUT2D eigenvalue weighted by atomic mass is 9.84. The van der Waals surface area contributed by atoms with Crippen LogP contribution in [0.3, 0.4) is 0 Å². The summed E-state index contributed by atoms with van der Waals surface area (Å²) in [4.78, 5) is 11.4. The van der Waals surface area contributed by atoms with Crippen LogP contribution in [0.25, 0.3) is 0 Å². The Kier molecular flexibility index (Phi) is 1.83. The van der Waals surface area contributed by atoms with E-state index in [0.717, 1.165) is 6.42 Å². The summed E-state index contributed by atoms with van der Waals surface area (Å²) in [5.41, 5.74) is 2.10. The Labute approximate surface area is 88.4 Å². The van der Waals surface area contributed by atoms with Crippen LogP contribution in [0.15, 0.2) is 24.3 Å². The van der Waals surface area contributed by atoms with Gasteiger partial charge in [-0.05, 0) is 17.5 Å². The minimum absolute atomic E-state index is 0.0953. The third-order valence-corrected chi connectivity index (χ3v) is 3.31. The third-order valence-electron chi connectivity index (χ3n) is 3.31. The highest BCUT2D eigenvalue weighted by molar-refractivity contribution is 5.78. The van der Waals surface area contributed by atoms with E-state index in [4.69, 9.17) is 4.74 Å². The molecular weight excluding hydrogens is 190 g/mol. The van der Waals surface area contributed by atoms with Crippen molar-refractivity contribution in [2.45, 2.75) is 25.0 Å². The number of benzene rings is 1. The number of piperidine rings is 1. The van der Waals surface area contributed by atoms with Crippen molar-refractivity contribution in [2.24, 2.45) is 0 Å². The number of amides is 1. The molecule has 1 N–H and O–H groups in total. The van der Waals surface area contributed by atoms with Gasteiger partial charge in [-0.25, -0.2) is 0 Å². The number of carbonyl (C=O) groups excluding carboxylic acids is 1. The normalized spacial score (nSPS) is 28.9. The summed E-state index contributed by atoms with van der Waals surface area (Å²) in [5, 5.41) is 2.85. The van der Waals surface area contributed by atoms with Gasteiger partial charge in [0.15, 0.2) is 0 Å². The van der Waals surface area contributed by atoms with Crippen LogP contribution in [-0.4, -0.2) is 12.5 Å². The first kappa shape index (κ1) is 8.92. The molecule has 3 heteroatoms. The molecule has 3 nitrogen and oxygen atoms in total. The summed E-state index contributed by atoms with van der Waals surface area (Å²) in [6, 6.07) is 8.20. The van der Waals surface area contributed by atoms with Gasteiger partial charge < -0.3 is 10.1 Å². The molecule has 0 saturated carbocycles. The predicted octanol–water partition coefficient (Wildman–Crippen LogP) is 1.32. The van der Waals surface area contributed by atoms with Crippen molar-refractivity contribution in [1.82, 2.24) is 5.32 Å². The molecule has 2 aliphatic heterocycles. The number of nitrogens with one attached hydrogen (secondary N) is 1. The molecule has 1 amide bonds. The Bertz CT molecular complexity index is 412. The SMILES string of the molecule is O=C1CC2(CCN1)OCc1ccccc12. The molecule has 0 aliphatic carbocycles. The van der Waals surface area contributed by atoms with E-state index in [1.165, 1.54) is 11.1 Å². The molecule has 0 bridgehead atoms. The fraction of sp³-hybridized carbons (Fsp3) is 0.417. The van der Waals surface area contributed by atoms with Crippen LogP contribution >= 0.6 is 0 Å². The van der Waals surface area contributed by atoms with Crippen LogP contribution in [0.2, 0.25) is 0 Å². The summed E-state index contributed by atoms with van der Waals surface area (Å²) in [5.74, 6) is 0.0953. The molecular formula is C12H13NO2. The van der Waals surface area contributed by atoms with Crippen molar-refractivity contribution >= 4 is 5.91 Å². The average Bonchev–Trinajstić information content (AvgIpc) is 2.59. The first-order valence-electron chi connectivity index (χ1n) is 5.29. The molecule has 15 heavy (non-hydrogen) atoms. The van der Waals surface area contributed by atoms with Crippen LogP contribution in [0, 0.1) is 0 Å². The lowest BCUT2D eigenvalue weighted by Gasteiger charge is -2.33. The van der Waals surface area contributed by atoms with E-state index in [0.29, 0.717) is 19.6 Å². The molecule has 2 aliphatic rings. The Morgan fingerprint density at radius 2 is 2.20 bits per heavy atom. The zero-order chi connectivity index (χ0) is 10.3. The highest BCUT2D eigenvalue weighted by Crippen LogP contribution is 2.42. The molecule has 1 aromatic carbocycles. The van der Waals surface area contributed by atoms with Gasteiger partial charge in [0.2, 0.25) is 5.91 Å². The van der Waals surface area contributed by atoms with Crippen LogP contribution in [0.4, 0.5) is 0 Å². The molecule has 1 unspecified atom stereocenters. The Balaban J connectivity index is 2.04. The molecule has 1 aromatic rings. The van der Waals surface area contributed by atoms with E-state index >= 15 is 0 Å². The van der Waals surface area contributed by atoms with Crippen LogP contribution in [0.5, 0.6) is 0 Å². The molecule has 1 fully saturated rings. The van der Waals surface area contributed by atoms with Gasteiger partial charge in [-0.3, -0.25) is 4.79 Å². The van der Waals surface area contributed by atoms with Crippen molar-refractivity contribution in [3.05, 3.63) is 35.4 Å². The first-order valence-corrected chi connectivity index (χ1v) is 5.29. The van der Waals surface area contributed by atoms with Gasteiger partial charge in [-0.15, -0.1) is 0 Å². The van der Waals surface area contributed by atoms with Crippen LogP contribution in [0.1, 0.15) is 24.0 Å². The van der Waals surface area contributed by atoms with Gasteiger partial charge in [0.25, 0.3) is 0 Å². The number of carbonyl (C=O) groups is 1. The van der Waals surface area contributed by atoms with Crippen molar-refractivity contribution < 1.29 is 9.53 Å². The monoisotopic (exact) mass is 203 g/mol. The maximum absolute atomic E-state index is 11.4. The Morgan fingerprint density at radius 3 is 3.07 bits per heavy atom. The minimum Gasteiger partial charge on any atom is -0.365 e. The largest absolute Gasteiger partial charge is 0.365 e. The molecule has 78 valence electrons. The molecule has 0 aromatic heterocycles. The quantitative estimate of drug-likeness (QED) is 0.690. The fourth-order valence-corrected chi connectivity index (χ4v) is 2.55. The number of ether oxygens (including phenoxy) is 1. The highest BCUT2D eigenvalue weighted by Gasteiger charge is 2.43. The zero-order valence-corrected chi connectivity index (χ0v) is 8.45. The second-order valence-corrected chi connectivity index (χ2v) is 4.22. The number of hydrogen-bond donors (Lipinski definition) is 1. The van der Waals surface area contributed by atoms with Crippen molar-refractivity contribution in [1.29, 1.82) is 0 Å². The molecule has 1 spiro atoms. The molecule has 1 saturated heterocycles. The van der Waals surface area contributed by atoms with Gasteiger partial charge in [0.1, 0.15) is 5.60 Å². The second kappa shape index (κ2) is 3.07. The van der Waals surface area contributed by atoms with Gasteiger partial charge in [0, 0.05) is 6.54 Å². The van der Waals surface area contributed by atoms with Gasteiger partial charge >= 0.3 is 0 Å². The van der Waals surface area contributed by atoms with Crippen molar-refractivity contribution in [2.75, 3.05) is 6.54 Å². The van der Waals surface area contributed by atoms with Crippen LogP contribution in [-0.2, 0) is 21.7 Å². The number of rotatable bonds is 0. The van der Waals surface area contributed by atoms with Crippen LogP contribution < -0.4 is 5.32 Å². The van der Waals surface area contributed by atoms with Gasteiger partial charge in [-0.2, -0.15) is 0 Å². The lowest BCUT2D eigenvalue weighted by Crippen LogP contribution is -2.43. The molecule has 2 heterocycles. The van der Waals surface area contributed by atoms with E-state index in [2.05, 4.69) is 17.4 Å². The molecule has 0 radical (unpaired) electrons. The lowest BCUT2D eigenvalue weighted by molar-refractivity contribution is -0.135. The van der Waals surface area contributed by atoms with E-state index in [1.807, 2.05) is 12.1 Å². The maximum Gasteiger partial charge on any atom is 0.223 e. The van der Waals surface area contributed by atoms with E-state index in [-0.39, 0.29) is 11.5 Å². The molecule has 1 atom stereocenters. The van der Waals surface area contributed by atoms with Crippen molar-refractivity contribution in [3.8, 4) is 0 Å². The third kappa shape index (κ3) is 1.27. The number of hydrogen-bond acceptors (Lipinski definition) is 2. The zero-order valence-electron chi connectivity index (χ0n) is 8.45. The van der Waals surface area contributed by atoms with Crippen molar-refractivity contribution in [3.63, 3.8) is 0 Å². The topological polar surface area (TPSA) is 38.3 Å². The summed E-state index contributed by atoms with van der Waals surface area (Å²) in [6.07, 6.45) is 1.35. The van der Waals surface area contributed by atoms with Gasteiger partial charge in [0.05, 0.1) is 13.0 Å². The average molecular weight is 203 g/mol. The Morgan fingerprint density at radius 1 is 1.33 bits per heavy atom. The summed E-state index contributed by atoms with van der Waals surface area (Å²) >= 11 is 0. The summed E-state index contributed by atoms with van der Waals surface area (Å²) in [6.45, 7) is 1.36. The summed E-state index contributed by atoms with van der Waals surface area (Å²) in [7, 11) is 0. The molecule has 3 rings (SSSR count). The van der Waals surface area contributed by atoms with Gasteiger partial charge in [-0.1, -0.05) is 24.3 Å². The fourth-order valence-electron chi connectivity index (χ4n) is 2.55. The predicted molar refractivity (Wildman–Crippen MR) is 55.2 cm³/mol. The Hall–Kier alpha value is -1.35. The van der Waals surface area contributed by atoms with E-state index < -0.39 is 0 Å². The first-order chi connectivity index (χ1) is 7.30. The minimum atomic E-state index is -0.334. The van der Waals surface area contributed by atoms with E-state index in [9.17, 15) is 4.79 Å². The standard InChI is InChI=1S/C12H13NO2/c14-11-7-12(5-6-13-11)10-4-2-1-3-9(10)8-15-12/h1-4H,5-8H2,(H,13,14). The maximum atomic E-state index is 11.4. The number of fused-ring (bicyclic) bond motifs is 2.